The molecular weight excluding hydrogens is 304 g/mol. The van der Waals surface area contributed by atoms with Gasteiger partial charge in [-0.2, -0.15) is 4.98 Å². The summed E-state index contributed by atoms with van der Waals surface area (Å²) in [7, 11) is 0. The fourth-order valence-corrected chi connectivity index (χ4v) is 2.78. The number of hydrogen-bond acceptors (Lipinski definition) is 7. The number of anilines is 1. The summed E-state index contributed by atoms with van der Waals surface area (Å²) in [5, 5.41) is 30.5. The highest BCUT2D eigenvalue weighted by Gasteiger charge is 2.55. The summed E-state index contributed by atoms with van der Waals surface area (Å²) in [5.74, 6) is 4.97. The maximum atomic E-state index is 11.9. The summed E-state index contributed by atoms with van der Waals surface area (Å²) < 4.78 is 6.91. The smallest absolute Gasteiger partial charge is 0.261 e. The van der Waals surface area contributed by atoms with Crippen molar-refractivity contribution < 1.29 is 20.1 Å². The molecule has 9 nitrogen and oxygen atoms in total. The first-order valence-corrected chi connectivity index (χ1v) is 6.89. The highest BCUT2D eigenvalue weighted by atomic mass is 16.6. The normalized spacial score (nSPS) is 30.3. The van der Waals surface area contributed by atoms with Crippen molar-refractivity contribution in [3.05, 3.63) is 22.6 Å². The molecule has 1 aliphatic heterocycles. The van der Waals surface area contributed by atoms with Crippen molar-refractivity contribution in [2.45, 2.75) is 31.0 Å². The Labute approximate surface area is 130 Å². The van der Waals surface area contributed by atoms with E-state index in [4.69, 9.17) is 10.5 Å². The number of nitrogens with zero attached hydrogens (tertiary/aromatic N) is 2. The van der Waals surface area contributed by atoms with Gasteiger partial charge in [0.1, 0.15) is 12.2 Å². The lowest BCUT2D eigenvalue weighted by atomic mass is 9.94. The summed E-state index contributed by atoms with van der Waals surface area (Å²) >= 11 is 0. The van der Waals surface area contributed by atoms with Crippen LogP contribution in [0.25, 0.3) is 11.0 Å². The van der Waals surface area contributed by atoms with Crippen LogP contribution in [0, 0.1) is 11.8 Å². The molecule has 23 heavy (non-hydrogen) atoms. The Hall–Kier alpha value is -2.38. The van der Waals surface area contributed by atoms with E-state index < -0.39 is 36.2 Å². The quantitative estimate of drug-likeness (QED) is 0.415. The average Bonchev–Trinajstić information content (AvgIpc) is 3.01. The number of nitrogen functional groups attached to an aromatic ring is 1. The van der Waals surface area contributed by atoms with Gasteiger partial charge >= 0.3 is 0 Å². The van der Waals surface area contributed by atoms with E-state index in [0.29, 0.717) is 0 Å². The van der Waals surface area contributed by atoms with Crippen LogP contribution in [0.3, 0.4) is 0 Å². The number of hydrogen-bond donors (Lipinski definition) is 5. The van der Waals surface area contributed by atoms with E-state index in [-0.39, 0.29) is 17.0 Å². The van der Waals surface area contributed by atoms with Gasteiger partial charge in [-0.3, -0.25) is 9.78 Å². The first-order valence-electron chi connectivity index (χ1n) is 6.89. The Morgan fingerprint density at radius 3 is 3.00 bits per heavy atom. The molecule has 1 saturated heterocycles. The molecular formula is C14H16N4O5. The van der Waals surface area contributed by atoms with Crippen molar-refractivity contribution >= 4 is 17.0 Å². The van der Waals surface area contributed by atoms with Gasteiger partial charge in [-0.1, -0.05) is 5.92 Å². The average molecular weight is 320 g/mol. The number of H-pyrrole nitrogens is 1. The molecule has 1 aliphatic rings. The fourth-order valence-electron chi connectivity index (χ4n) is 2.78. The van der Waals surface area contributed by atoms with Crippen molar-refractivity contribution in [1.82, 2.24) is 14.5 Å². The zero-order valence-electron chi connectivity index (χ0n) is 12.2. The lowest BCUT2D eigenvalue weighted by Crippen LogP contribution is -2.45. The van der Waals surface area contributed by atoms with Crippen LogP contribution >= 0.6 is 0 Å². The van der Waals surface area contributed by atoms with Crippen LogP contribution < -0.4 is 11.3 Å². The summed E-state index contributed by atoms with van der Waals surface area (Å²) in [5.41, 5.74) is 3.34. The molecule has 4 atom stereocenters. The molecule has 122 valence electrons. The molecule has 0 aromatic carbocycles. The van der Waals surface area contributed by atoms with Crippen molar-refractivity contribution in [3.8, 4) is 11.8 Å². The highest BCUT2D eigenvalue weighted by Crippen LogP contribution is 2.39. The summed E-state index contributed by atoms with van der Waals surface area (Å²) in [6, 6.07) is 1.49. The van der Waals surface area contributed by atoms with Crippen LogP contribution in [0.1, 0.15) is 13.2 Å². The molecule has 0 radical (unpaired) electrons. The van der Waals surface area contributed by atoms with E-state index in [2.05, 4.69) is 21.8 Å². The van der Waals surface area contributed by atoms with E-state index >= 15 is 0 Å². The monoisotopic (exact) mass is 320 g/mol. The number of rotatable bonds is 2. The molecule has 0 saturated carbocycles. The van der Waals surface area contributed by atoms with Crippen molar-refractivity contribution in [1.29, 1.82) is 0 Å². The van der Waals surface area contributed by atoms with Crippen LogP contribution in [-0.2, 0) is 4.74 Å². The van der Waals surface area contributed by atoms with Crippen LogP contribution in [0.2, 0.25) is 0 Å². The number of fused-ring (bicyclic) bond motifs is 1. The number of nitrogens with one attached hydrogen (secondary N) is 1. The lowest BCUT2D eigenvalue weighted by molar-refractivity contribution is -0.0719. The Bertz CT molecular complexity index is 863. The molecule has 6 N–H and O–H groups in total. The maximum absolute atomic E-state index is 11.9. The molecule has 2 aromatic heterocycles. The lowest BCUT2D eigenvalue weighted by Gasteiger charge is -2.26. The van der Waals surface area contributed by atoms with Gasteiger partial charge < -0.3 is 30.4 Å². The molecule has 3 heterocycles. The summed E-state index contributed by atoms with van der Waals surface area (Å²) in [6.07, 6.45) is -2.14. The third-order valence-corrected chi connectivity index (χ3v) is 3.84. The second kappa shape index (κ2) is 5.36. The molecule has 3 rings (SSSR count). The van der Waals surface area contributed by atoms with Crippen molar-refractivity contribution in [2.24, 2.45) is 0 Å². The molecule has 0 bridgehead atoms. The molecule has 0 aliphatic carbocycles. The number of nitrogens with two attached hydrogens (primary N) is 1. The fraction of sp³-hybridized carbons (Fsp3) is 0.429. The number of ether oxygens (including phenoxy) is 1. The van der Waals surface area contributed by atoms with Crippen LogP contribution in [-0.4, -0.2) is 54.3 Å². The first-order chi connectivity index (χ1) is 10.9. The van der Waals surface area contributed by atoms with E-state index in [9.17, 15) is 20.1 Å². The van der Waals surface area contributed by atoms with Gasteiger partial charge in [0.15, 0.2) is 17.5 Å². The van der Waals surface area contributed by atoms with E-state index in [0.717, 1.165) is 0 Å². The summed E-state index contributed by atoms with van der Waals surface area (Å²) in [4.78, 5) is 18.3. The standard InChI is InChI=1S/C14H16N4O5/c1-2-4-14(22)9(20)8(6-19)23-12(14)18-5-3-7-10(18)16-13(15)17-11(7)21/h3,5,8-9,12,19-20,22H,6H2,1H3,(H3,15,16,17,21)/t8-,9?,12-,14?/m1/s1. The predicted molar refractivity (Wildman–Crippen MR) is 80.2 cm³/mol. The zero-order chi connectivity index (χ0) is 16.8. The molecule has 0 amide bonds. The van der Waals surface area contributed by atoms with Gasteiger partial charge in [-0.15, -0.1) is 5.92 Å². The third-order valence-electron chi connectivity index (χ3n) is 3.84. The second-order valence-corrected chi connectivity index (χ2v) is 5.27. The third kappa shape index (κ3) is 2.20. The molecule has 2 aromatic rings. The van der Waals surface area contributed by atoms with Crippen LogP contribution in [0.4, 0.5) is 5.95 Å². The topological polar surface area (TPSA) is 147 Å². The maximum Gasteiger partial charge on any atom is 0.261 e. The van der Waals surface area contributed by atoms with Crippen molar-refractivity contribution in [3.63, 3.8) is 0 Å². The minimum absolute atomic E-state index is 0.0928. The largest absolute Gasteiger partial charge is 0.394 e. The number of aromatic amines is 1. The Balaban J connectivity index is 2.20. The zero-order valence-corrected chi connectivity index (χ0v) is 12.2. The second-order valence-electron chi connectivity index (χ2n) is 5.27. The van der Waals surface area contributed by atoms with Gasteiger partial charge in [0, 0.05) is 6.20 Å². The predicted octanol–water partition coefficient (Wildman–Crippen LogP) is -1.69. The SMILES string of the molecule is CC#CC1(O)C(O)[C@@H](CO)O[C@H]1n1ccc2c(=O)[nH]c(N)nc21. The van der Waals surface area contributed by atoms with Crippen LogP contribution in [0.5, 0.6) is 0 Å². The van der Waals surface area contributed by atoms with E-state index in [1.165, 1.54) is 23.8 Å². The Morgan fingerprint density at radius 1 is 1.61 bits per heavy atom. The number of aromatic nitrogens is 3. The number of aliphatic hydroxyl groups is 3. The molecule has 0 spiro atoms. The Morgan fingerprint density at radius 2 is 2.35 bits per heavy atom. The highest BCUT2D eigenvalue weighted by molar-refractivity contribution is 5.76. The van der Waals surface area contributed by atoms with Gasteiger partial charge in [0.25, 0.3) is 5.56 Å². The molecule has 1 fully saturated rings. The Kier molecular flexibility index (Phi) is 3.62. The minimum Gasteiger partial charge on any atom is -0.394 e. The van der Waals surface area contributed by atoms with Crippen molar-refractivity contribution in [2.75, 3.05) is 12.3 Å². The van der Waals surface area contributed by atoms with Gasteiger partial charge in [-0.05, 0) is 13.0 Å². The van der Waals surface area contributed by atoms with Gasteiger partial charge in [0.2, 0.25) is 5.95 Å². The van der Waals surface area contributed by atoms with Gasteiger partial charge in [0.05, 0.1) is 12.0 Å². The molecule has 9 heteroatoms. The van der Waals surface area contributed by atoms with Crippen LogP contribution in [0.15, 0.2) is 17.1 Å². The minimum atomic E-state index is -1.97. The first kappa shape index (κ1) is 15.5. The number of aliphatic hydroxyl groups excluding tert-OH is 2. The van der Waals surface area contributed by atoms with Gasteiger partial charge in [-0.25, -0.2) is 0 Å². The summed E-state index contributed by atoms with van der Waals surface area (Å²) in [6.45, 7) is 1.00. The van der Waals surface area contributed by atoms with E-state index in [1.54, 1.807) is 0 Å². The molecule has 2 unspecified atom stereocenters. The van der Waals surface area contributed by atoms with E-state index in [1.807, 2.05) is 0 Å².